The molecule has 1 aromatic heterocycles. The summed E-state index contributed by atoms with van der Waals surface area (Å²) in [6, 6.07) is 5.47. The Morgan fingerprint density at radius 2 is 2.14 bits per heavy atom. The summed E-state index contributed by atoms with van der Waals surface area (Å²) in [5, 5.41) is 13.1. The summed E-state index contributed by atoms with van der Waals surface area (Å²) in [6.45, 7) is 2.00. The summed E-state index contributed by atoms with van der Waals surface area (Å²) in [4.78, 5) is 11.8. The number of amides is 1. The average Bonchev–Trinajstić information content (AvgIpc) is 2.90. The van der Waals surface area contributed by atoms with Crippen LogP contribution in [-0.4, -0.2) is 21.9 Å². The van der Waals surface area contributed by atoms with Crippen molar-refractivity contribution in [3.8, 4) is 0 Å². The number of anilines is 1. The maximum atomic E-state index is 11.8. The standard InChI is InChI=1S/C13H13Cl2N3OS2/c1-2-12-17-18-13(21-12)16-11(19)7-20-6-8-3-4-9(14)10(15)5-8/h3-5H,2,6-7H2,1H3,(H,16,18,19). The van der Waals surface area contributed by atoms with Gasteiger partial charge in [0.15, 0.2) is 0 Å². The predicted octanol–water partition coefficient (Wildman–Crippen LogP) is 4.28. The maximum absolute atomic E-state index is 11.8. The second-order valence-corrected chi connectivity index (χ2v) is 7.01. The van der Waals surface area contributed by atoms with Crippen LogP contribution >= 0.6 is 46.3 Å². The number of carbonyl (C=O) groups excluding carboxylic acids is 1. The minimum atomic E-state index is -0.0844. The Morgan fingerprint density at radius 3 is 2.81 bits per heavy atom. The van der Waals surface area contributed by atoms with Gasteiger partial charge in [-0.2, -0.15) is 0 Å². The number of halogens is 2. The van der Waals surface area contributed by atoms with Gasteiger partial charge in [-0.25, -0.2) is 0 Å². The van der Waals surface area contributed by atoms with Crippen molar-refractivity contribution in [2.24, 2.45) is 0 Å². The highest BCUT2D eigenvalue weighted by Crippen LogP contribution is 2.24. The minimum absolute atomic E-state index is 0.0844. The lowest BCUT2D eigenvalue weighted by Gasteiger charge is -2.03. The molecule has 112 valence electrons. The first-order valence-electron chi connectivity index (χ1n) is 6.22. The molecule has 4 nitrogen and oxygen atoms in total. The van der Waals surface area contributed by atoms with Gasteiger partial charge in [0.05, 0.1) is 15.8 Å². The predicted molar refractivity (Wildman–Crippen MR) is 90.5 cm³/mol. The fourth-order valence-corrected chi connectivity index (χ4v) is 3.28. The molecule has 2 rings (SSSR count). The number of rotatable bonds is 6. The first-order chi connectivity index (χ1) is 10.1. The van der Waals surface area contributed by atoms with Crippen molar-refractivity contribution in [1.29, 1.82) is 0 Å². The first-order valence-corrected chi connectivity index (χ1v) is 8.95. The van der Waals surface area contributed by atoms with Crippen LogP contribution in [0.25, 0.3) is 0 Å². The van der Waals surface area contributed by atoms with Crippen molar-refractivity contribution in [2.75, 3.05) is 11.1 Å². The van der Waals surface area contributed by atoms with Gasteiger partial charge in [0.2, 0.25) is 11.0 Å². The van der Waals surface area contributed by atoms with E-state index in [4.69, 9.17) is 23.2 Å². The van der Waals surface area contributed by atoms with E-state index in [-0.39, 0.29) is 5.91 Å². The minimum Gasteiger partial charge on any atom is -0.300 e. The summed E-state index contributed by atoms with van der Waals surface area (Å²) in [6.07, 6.45) is 0.819. The normalized spacial score (nSPS) is 10.6. The van der Waals surface area contributed by atoms with Gasteiger partial charge in [0.25, 0.3) is 0 Å². The van der Waals surface area contributed by atoms with Gasteiger partial charge in [-0.1, -0.05) is 47.5 Å². The highest BCUT2D eigenvalue weighted by Gasteiger charge is 2.08. The highest BCUT2D eigenvalue weighted by molar-refractivity contribution is 7.99. The Morgan fingerprint density at radius 1 is 1.33 bits per heavy atom. The van der Waals surface area contributed by atoms with Gasteiger partial charge < -0.3 is 0 Å². The quantitative estimate of drug-likeness (QED) is 0.833. The number of aryl methyl sites for hydroxylation is 1. The molecule has 2 aromatic rings. The van der Waals surface area contributed by atoms with Crippen LogP contribution in [-0.2, 0) is 17.0 Å². The van der Waals surface area contributed by atoms with E-state index in [9.17, 15) is 4.79 Å². The Bertz CT molecular complexity index is 634. The summed E-state index contributed by atoms with van der Waals surface area (Å²) in [7, 11) is 0. The van der Waals surface area contributed by atoms with Crippen LogP contribution in [0.2, 0.25) is 10.0 Å². The van der Waals surface area contributed by atoms with E-state index in [0.29, 0.717) is 26.7 Å². The van der Waals surface area contributed by atoms with Crippen molar-refractivity contribution in [2.45, 2.75) is 19.1 Å². The number of hydrogen-bond donors (Lipinski definition) is 1. The molecule has 0 aliphatic heterocycles. The number of nitrogens with one attached hydrogen (secondary N) is 1. The van der Waals surface area contributed by atoms with Crippen molar-refractivity contribution in [1.82, 2.24) is 10.2 Å². The van der Waals surface area contributed by atoms with Crippen LogP contribution in [0.5, 0.6) is 0 Å². The van der Waals surface area contributed by atoms with E-state index >= 15 is 0 Å². The fraction of sp³-hybridized carbons (Fsp3) is 0.308. The molecule has 1 N–H and O–H groups in total. The summed E-state index contributed by atoms with van der Waals surface area (Å²) >= 11 is 14.7. The van der Waals surface area contributed by atoms with Crippen LogP contribution in [0.1, 0.15) is 17.5 Å². The van der Waals surface area contributed by atoms with Crippen LogP contribution in [0, 0.1) is 0 Å². The van der Waals surface area contributed by atoms with Crippen LogP contribution in [0.15, 0.2) is 18.2 Å². The van der Waals surface area contributed by atoms with Crippen molar-refractivity contribution < 1.29 is 4.79 Å². The number of thioether (sulfide) groups is 1. The van der Waals surface area contributed by atoms with E-state index in [1.165, 1.54) is 23.1 Å². The summed E-state index contributed by atoms with van der Waals surface area (Å²) in [5.41, 5.74) is 1.03. The molecule has 0 unspecified atom stereocenters. The molecule has 0 saturated carbocycles. The molecule has 0 atom stereocenters. The van der Waals surface area contributed by atoms with E-state index in [1.807, 2.05) is 19.1 Å². The summed E-state index contributed by atoms with van der Waals surface area (Å²) in [5.74, 6) is 0.959. The molecule has 0 aliphatic rings. The lowest BCUT2D eigenvalue weighted by Crippen LogP contribution is -2.13. The Balaban J connectivity index is 1.77. The van der Waals surface area contributed by atoms with Crippen LogP contribution in [0.3, 0.4) is 0 Å². The molecule has 0 saturated heterocycles. The molecule has 1 aromatic carbocycles. The molecule has 8 heteroatoms. The van der Waals surface area contributed by atoms with E-state index in [1.54, 1.807) is 6.07 Å². The maximum Gasteiger partial charge on any atom is 0.236 e. The number of nitrogens with zero attached hydrogens (tertiary/aromatic N) is 2. The van der Waals surface area contributed by atoms with Gasteiger partial charge in [-0.3, -0.25) is 10.1 Å². The Labute approximate surface area is 141 Å². The molecular weight excluding hydrogens is 349 g/mol. The summed E-state index contributed by atoms with van der Waals surface area (Å²) < 4.78 is 0. The van der Waals surface area contributed by atoms with Gasteiger partial charge in [0, 0.05) is 5.75 Å². The number of aromatic nitrogens is 2. The Hall–Kier alpha value is -0.820. The lowest BCUT2D eigenvalue weighted by molar-refractivity contribution is -0.113. The van der Waals surface area contributed by atoms with Gasteiger partial charge in [0.1, 0.15) is 5.01 Å². The number of benzene rings is 1. The topological polar surface area (TPSA) is 54.9 Å². The molecular formula is C13H13Cl2N3OS2. The highest BCUT2D eigenvalue weighted by atomic mass is 35.5. The van der Waals surface area contributed by atoms with Crippen molar-refractivity contribution in [3.05, 3.63) is 38.8 Å². The fourth-order valence-electron chi connectivity index (χ4n) is 1.49. The van der Waals surface area contributed by atoms with Crippen molar-refractivity contribution in [3.63, 3.8) is 0 Å². The van der Waals surface area contributed by atoms with Gasteiger partial charge in [-0.15, -0.1) is 22.0 Å². The van der Waals surface area contributed by atoms with E-state index < -0.39 is 0 Å². The third-order valence-electron chi connectivity index (χ3n) is 2.50. The monoisotopic (exact) mass is 361 g/mol. The van der Waals surface area contributed by atoms with Gasteiger partial charge >= 0.3 is 0 Å². The number of carbonyl (C=O) groups is 1. The second kappa shape index (κ2) is 7.98. The number of hydrogen-bond acceptors (Lipinski definition) is 5. The lowest BCUT2D eigenvalue weighted by atomic mass is 10.2. The van der Waals surface area contributed by atoms with Crippen LogP contribution < -0.4 is 5.32 Å². The van der Waals surface area contributed by atoms with E-state index in [0.717, 1.165) is 17.0 Å². The second-order valence-electron chi connectivity index (χ2n) is 4.14. The largest absolute Gasteiger partial charge is 0.300 e. The van der Waals surface area contributed by atoms with Gasteiger partial charge in [-0.05, 0) is 24.1 Å². The third-order valence-corrected chi connectivity index (χ3v) is 5.23. The molecule has 0 aliphatic carbocycles. The zero-order valence-electron chi connectivity index (χ0n) is 11.2. The SMILES string of the molecule is CCc1nnc(NC(=O)CSCc2ccc(Cl)c(Cl)c2)s1. The molecule has 0 spiro atoms. The third kappa shape index (κ3) is 5.14. The molecule has 1 amide bonds. The first kappa shape index (κ1) is 16.5. The van der Waals surface area contributed by atoms with Crippen molar-refractivity contribution >= 4 is 57.3 Å². The molecule has 0 radical (unpaired) electrons. The zero-order valence-corrected chi connectivity index (χ0v) is 14.4. The molecule has 1 heterocycles. The Kier molecular flexibility index (Phi) is 6.29. The molecule has 0 fully saturated rings. The molecule has 21 heavy (non-hydrogen) atoms. The smallest absolute Gasteiger partial charge is 0.236 e. The van der Waals surface area contributed by atoms with Crippen LogP contribution in [0.4, 0.5) is 5.13 Å². The average molecular weight is 362 g/mol. The molecule has 0 bridgehead atoms. The van der Waals surface area contributed by atoms with E-state index in [2.05, 4.69) is 15.5 Å². The zero-order chi connectivity index (χ0) is 15.2.